The largest absolute Gasteiger partial charge is 0.469 e. The van der Waals surface area contributed by atoms with Crippen molar-refractivity contribution in [3.63, 3.8) is 0 Å². The normalized spacial score (nSPS) is 11.5. The number of rotatable bonds is 6. The molecule has 0 bridgehead atoms. The van der Waals surface area contributed by atoms with E-state index in [0.29, 0.717) is 12.1 Å². The molecule has 0 saturated carbocycles. The Morgan fingerprint density at radius 1 is 1.53 bits per heavy atom. The SMILES string of the molecule is Cc1cc(C(=O)NCC(C)(C)CCCBr)co1. The van der Waals surface area contributed by atoms with Crippen LogP contribution in [0.2, 0.25) is 0 Å². The molecular formula is C13H20BrNO2. The number of hydrogen-bond acceptors (Lipinski definition) is 2. The van der Waals surface area contributed by atoms with Gasteiger partial charge in [-0.25, -0.2) is 0 Å². The molecule has 0 spiro atoms. The molecule has 17 heavy (non-hydrogen) atoms. The van der Waals surface area contributed by atoms with Crippen LogP contribution >= 0.6 is 15.9 Å². The Kier molecular flexibility index (Phi) is 5.25. The first-order valence-electron chi connectivity index (χ1n) is 5.84. The van der Waals surface area contributed by atoms with Crippen molar-refractivity contribution in [1.82, 2.24) is 5.32 Å². The average Bonchev–Trinajstić information content (AvgIpc) is 2.70. The zero-order valence-electron chi connectivity index (χ0n) is 10.7. The second kappa shape index (κ2) is 6.24. The topological polar surface area (TPSA) is 42.2 Å². The summed E-state index contributed by atoms with van der Waals surface area (Å²) < 4.78 is 5.12. The molecule has 0 aliphatic carbocycles. The molecule has 0 aliphatic rings. The van der Waals surface area contributed by atoms with Crippen LogP contribution < -0.4 is 5.32 Å². The summed E-state index contributed by atoms with van der Waals surface area (Å²) >= 11 is 3.42. The van der Waals surface area contributed by atoms with Crippen molar-refractivity contribution in [2.45, 2.75) is 33.6 Å². The number of halogens is 1. The highest BCUT2D eigenvalue weighted by Crippen LogP contribution is 2.21. The minimum Gasteiger partial charge on any atom is -0.469 e. The number of carbonyl (C=O) groups is 1. The second-order valence-electron chi connectivity index (χ2n) is 5.09. The number of nitrogens with one attached hydrogen (secondary N) is 1. The van der Waals surface area contributed by atoms with Crippen molar-refractivity contribution in [2.24, 2.45) is 5.41 Å². The van der Waals surface area contributed by atoms with E-state index in [4.69, 9.17) is 4.42 Å². The van der Waals surface area contributed by atoms with E-state index < -0.39 is 0 Å². The lowest BCUT2D eigenvalue weighted by Crippen LogP contribution is -2.33. The van der Waals surface area contributed by atoms with Crippen molar-refractivity contribution >= 4 is 21.8 Å². The van der Waals surface area contributed by atoms with Crippen LogP contribution in [0.4, 0.5) is 0 Å². The Balaban J connectivity index is 2.42. The molecule has 1 rings (SSSR count). The number of aryl methyl sites for hydroxylation is 1. The smallest absolute Gasteiger partial charge is 0.254 e. The summed E-state index contributed by atoms with van der Waals surface area (Å²) in [6, 6.07) is 1.75. The first kappa shape index (κ1) is 14.3. The molecule has 0 unspecified atom stereocenters. The first-order valence-corrected chi connectivity index (χ1v) is 6.96. The van der Waals surface area contributed by atoms with E-state index in [1.54, 1.807) is 6.07 Å². The van der Waals surface area contributed by atoms with E-state index >= 15 is 0 Å². The molecule has 96 valence electrons. The Bertz CT molecular complexity index is 371. The highest BCUT2D eigenvalue weighted by Gasteiger charge is 2.19. The van der Waals surface area contributed by atoms with Crippen molar-refractivity contribution < 1.29 is 9.21 Å². The maximum atomic E-state index is 11.8. The summed E-state index contributed by atoms with van der Waals surface area (Å²) in [4.78, 5) is 11.8. The molecule has 0 fully saturated rings. The van der Waals surface area contributed by atoms with Crippen molar-refractivity contribution in [1.29, 1.82) is 0 Å². The molecule has 0 aromatic carbocycles. The Labute approximate surface area is 111 Å². The van der Waals surface area contributed by atoms with E-state index in [0.717, 1.165) is 23.9 Å². The van der Waals surface area contributed by atoms with Gasteiger partial charge in [0.25, 0.3) is 5.91 Å². The lowest BCUT2D eigenvalue weighted by molar-refractivity contribution is 0.0934. The van der Waals surface area contributed by atoms with Crippen LogP contribution in [0.25, 0.3) is 0 Å². The van der Waals surface area contributed by atoms with Crippen LogP contribution in [0, 0.1) is 12.3 Å². The Morgan fingerprint density at radius 3 is 2.76 bits per heavy atom. The fourth-order valence-electron chi connectivity index (χ4n) is 1.62. The third-order valence-corrected chi connectivity index (χ3v) is 3.27. The zero-order valence-corrected chi connectivity index (χ0v) is 12.3. The summed E-state index contributed by atoms with van der Waals surface area (Å²) in [6.07, 6.45) is 3.70. The summed E-state index contributed by atoms with van der Waals surface area (Å²) in [5.41, 5.74) is 0.723. The van der Waals surface area contributed by atoms with Crippen molar-refractivity contribution in [3.8, 4) is 0 Å². The van der Waals surface area contributed by atoms with Crippen LogP contribution in [0.1, 0.15) is 42.8 Å². The molecule has 3 nitrogen and oxygen atoms in total. The third-order valence-electron chi connectivity index (χ3n) is 2.71. The van der Waals surface area contributed by atoms with Crippen LogP contribution in [0.15, 0.2) is 16.7 Å². The quantitative estimate of drug-likeness (QED) is 0.817. The van der Waals surface area contributed by atoms with Gasteiger partial charge in [0.1, 0.15) is 12.0 Å². The zero-order chi connectivity index (χ0) is 12.9. The van der Waals surface area contributed by atoms with E-state index in [2.05, 4.69) is 35.1 Å². The van der Waals surface area contributed by atoms with E-state index in [9.17, 15) is 4.79 Å². The fraction of sp³-hybridized carbons (Fsp3) is 0.615. The van der Waals surface area contributed by atoms with E-state index in [1.165, 1.54) is 6.26 Å². The number of alkyl halides is 1. The maximum Gasteiger partial charge on any atom is 0.254 e. The standard InChI is InChI=1S/C13H20BrNO2/c1-10-7-11(8-17-10)12(16)15-9-13(2,3)5-4-6-14/h7-8H,4-6,9H2,1-3H3,(H,15,16). The van der Waals surface area contributed by atoms with Gasteiger partial charge in [-0.1, -0.05) is 29.8 Å². The fourth-order valence-corrected chi connectivity index (χ4v) is 1.90. The van der Waals surface area contributed by atoms with Crippen LogP contribution in [0.5, 0.6) is 0 Å². The molecule has 1 heterocycles. The molecule has 1 amide bonds. The minimum absolute atomic E-state index is 0.0613. The van der Waals surface area contributed by atoms with Gasteiger partial charge in [0, 0.05) is 11.9 Å². The van der Waals surface area contributed by atoms with Crippen LogP contribution in [-0.4, -0.2) is 17.8 Å². The average molecular weight is 302 g/mol. The molecule has 0 radical (unpaired) electrons. The van der Waals surface area contributed by atoms with Gasteiger partial charge in [-0.05, 0) is 31.2 Å². The van der Waals surface area contributed by atoms with Gasteiger partial charge in [-0.15, -0.1) is 0 Å². The monoisotopic (exact) mass is 301 g/mol. The molecular weight excluding hydrogens is 282 g/mol. The van der Waals surface area contributed by atoms with Crippen molar-refractivity contribution in [2.75, 3.05) is 11.9 Å². The highest BCUT2D eigenvalue weighted by molar-refractivity contribution is 9.09. The summed E-state index contributed by atoms with van der Waals surface area (Å²) in [5, 5.41) is 3.95. The number of hydrogen-bond donors (Lipinski definition) is 1. The molecule has 1 N–H and O–H groups in total. The number of amides is 1. The third kappa shape index (κ3) is 4.94. The van der Waals surface area contributed by atoms with Crippen LogP contribution in [0.3, 0.4) is 0 Å². The van der Waals surface area contributed by atoms with Gasteiger partial charge in [0.2, 0.25) is 0 Å². The summed E-state index contributed by atoms with van der Waals surface area (Å²) in [5.74, 6) is 0.697. The molecule has 4 heteroatoms. The highest BCUT2D eigenvalue weighted by atomic mass is 79.9. The lowest BCUT2D eigenvalue weighted by atomic mass is 9.88. The van der Waals surface area contributed by atoms with Gasteiger partial charge in [-0.3, -0.25) is 4.79 Å². The summed E-state index contributed by atoms with van der Waals surface area (Å²) in [7, 11) is 0. The predicted molar refractivity (Wildman–Crippen MR) is 72.6 cm³/mol. The van der Waals surface area contributed by atoms with Gasteiger partial charge < -0.3 is 9.73 Å². The van der Waals surface area contributed by atoms with Gasteiger partial charge in [0.05, 0.1) is 5.56 Å². The number of furan rings is 1. The predicted octanol–water partition coefficient (Wildman–Crippen LogP) is 3.52. The first-order chi connectivity index (χ1) is 7.94. The summed E-state index contributed by atoms with van der Waals surface area (Å²) in [6.45, 7) is 6.84. The Morgan fingerprint density at radius 2 is 2.24 bits per heavy atom. The van der Waals surface area contributed by atoms with Gasteiger partial charge in [0.15, 0.2) is 0 Å². The van der Waals surface area contributed by atoms with E-state index in [1.807, 2.05) is 6.92 Å². The van der Waals surface area contributed by atoms with Gasteiger partial charge in [-0.2, -0.15) is 0 Å². The van der Waals surface area contributed by atoms with E-state index in [-0.39, 0.29) is 11.3 Å². The maximum absolute atomic E-state index is 11.8. The molecule has 0 saturated heterocycles. The second-order valence-corrected chi connectivity index (χ2v) is 5.88. The molecule has 1 aromatic rings. The minimum atomic E-state index is -0.0613. The van der Waals surface area contributed by atoms with Crippen molar-refractivity contribution in [3.05, 3.63) is 23.7 Å². The van der Waals surface area contributed by atoms with Gasteiger partial charge >= 0.3 is 0 Å². The lowest BCUT2D eigenvalue weighted by Gasteiger charge is -2.24. The molecule has 1 aromatic heterocycles. The molecule has 0 atom stereocenters. The van der Waals surface area contributed by atoms with Crippen LogP contribution in [-0.2, 0) is 0 Å². The number of carbonyl (C=O) groups excluding carboxylic acids is 1. The molecule has 0 aliphatic heterocycles. The Hall–Kier alpha value is -0.770.